The maximum Gasteiger partial charge on any atom is 0.310 e. The molecule has 3 rings (SSSR count). The highest BCUT2D eigenvalue weighted by molar-refractivity contribution is 5.85. The minimum absolute atomic E-state index is 0.0446. The van der Waals surface area contributed by atoms with Gasteiger partial charge >= 0.3 is 5.97 Å². The highest BCUT2D eigenvalue weighted by Gasteiger charge is 2.22. The smallest absolute Gasteiger partial charge is 0.310 e. The normalized spacial score (nSPS) is 20.2. The van der Waals surface area contributed by atoms with E-state index in [1.54, 1.807) is 10.6 Å². The zero-order valence-electron chi connectivity index (χ0n) is 14.2. The van der Waals surface area contributed by atoms with Crippen molar-refractivity contribution in [2.24, 2.45) is 4.99 Å². The van der Waals surface area contributed by atoms with Crippen molar-refractivity contribution in [2.45, 2.75) is 32.9 Å². The lowest BCUT2D eigenvalue weighted by Gasteiger charge is -2.21. The predicted octanol–water partition coefficient (Wildman–Crippen LogP) is 2.65. The first-order valence-electron chi connectivity index (χ1n) is 8.12. The Hall–Kier alpha value is -2.95. The highest BCUT2D eigenvalue weighted by Crippen LogP contribution is 2.19. The van der Waals surface area contributed by atoms with Crippen molar-refractivity contribution >= 4 is 11.7 Å². The summed E-state index contributed by atoms with van der Waals surface area (Å²) in [5.41, 5.74) is 4.43. The van der Waals surface area contributed by atoms with E-state index in [0.717, 1.165) is 28.2 Å². The van der Waals surface area contributed by atoms with Crippen LogP contribution in [0.1, 0.15) is 23.7 Å². The number of rotatable bonds is 1. The standard InChI is InChI=1S/C20H20N2O3/c1-4-6-18-13(2)7-5-8-22-16(9-14(3)21-18)10-15-11-19(23)25-12-17(15)20(22)24/h4-7,10H,1-2,8-9,11-12H2,3H3/b7-5+,18-6+,21-14?. The fourth-order valence-corrected chi connectivity index (χ4v) is 3.04. The molecule has 5 nitrogen and oxygen atoms in total. The summed E-state index contributed by atoms with van der Waals surface area (Å²) in [7, 11) is 0. The number of nitrogens with zero attached hydrogens (tertiary/aromatic N) is 2. The molecule has 0 radical (unpaired) electrons. The van der Waals surface area contributed by atoms with Crippen molar-refractivity contribution in [1.29, 1.82) is 0 Å². The molecule has 1 aromatic rings. The molecule has 0 amide bonds. The van der Waals surface area contributed by atoms with Crippen molar-refractivity contribution < 1.29 is 9.53 Å². The van der Waals surface area contributed by atoms with Crippen LogP contribution in [0.2, 0.25) is 0 Å². The summed E-state index contributed by atoms with van der Waals surface area (Å²) in [6.07, 6.45) is 7.90. The minimum atomic E-state index is -0.297. The highest BCUT2D eigenvalue weighted by atomic mass is 16.5. The molecule has 0 saturated carbocycles. The molecule has 0 fully saturated rings. The molecular formula is C20H20N2O3. The van der Waals surface area contributed by atoms with E-state index in [1.807, 2.05) is 31.2 Å². The zero-order valence-corrected chi connectivity index (χ0v) is 14.2. The number of aliphatic imine (C=N–C) groups is 1. The zero-order chi connectivity index (χ0) is 18.0. The summed E-state index contributed by atoms with van der Waals surface area (Å²) in [6, 6.07) is 1.93. The fourth-order valence-electron chi connectivity index (χ4n) is 3.04. The molecular weight excluding hydrogens is 316 g/mol. The first-order valence-corrected chi connectivity index (χ1v) is 8.12. The Labute approximate surface area is 146 Å². The summed E-state index contributed by atoms with van der Waals surface area (Å²) in [4.78, 5) is 29.0. The van der Waals surface area contributed by atoms with Gasteiger partial charge in [-0.05, 0) is 30.2 Å². The number of aromatic nitrogens is 1. The van der Waals surface area contributed by atoms with Crippen LogP contribution in [-0.2, 0) is 35.5 Å². The second-order valence-corrected chi connectivity index (χ2v) is 6.13. The van der Waals surface area contributed by atoms with Gasteiger partial charge < -0.3 is 9.30 Å². The van der Waals surface area contributed by atoms with Crippen molar-refractivity contribution in [3.8, 4) is 0 Å². The van der Waals surface area contributed by atoms with E-state index >= 15 is 0 Å². The second kappa shape index (κ2) is 6.89. The van der Waals surface area contributed by atoms with Gasteiger partial charge in [-0.25, -0.2) is 0 Å². The Balaban J connectivity index is 2.13. The number of hydrogen-bond acceptors (Lipinski definition) is 4. The molecule has 0 spiro atoms. The first kappa shape index (κ1) is 16.9. The van der Waals surface area contributed by atoms with E-state index in [2.05, 4.69) is 18.2 Å². The van der Waals surface area contributed by atoms with Crippen molar-refractivity contribution in [3.63, 3.8) is 0 Å². The SMILES string of the molecule is C=C/C=C1/N=C(C)Cc2cc3c(c(=O)n2C/C=C/C1=C)COC(=O)C3. The van der Waals surface area contributed by atoms with Crippen LogP contribution in [0.4, 0.5) is 0 Å². The Morgan fingerprint density at radius 1 is 1.32 bits per heavy atom. The lowest BCUT2D eigenvalue weighted by molar-refractivity contribution is -0.145. The molecule has 128 valence electrons. The van der Waals surface area contributed by atoms with Crippen molar-refractivity contribution in [1.82, 2.24) is 4.57 Å². The minimum Gasteiger partial charge on any atom is -0.460 e. The molecule has 2 aliphatic rings. The van der Waals surface area contributed by atoms with Crippen LogP contribution in [0.25, 0.3) is 0 Å². The summed E-state index contributed by atoms with van der Waals surface area (Å²) in [6.45, 7) is 10.1. The van der Waals surface area contributed by atoms with E-state index < -0.39 is 0 Å². The number of carbonyl (C=O) groups excluding carboxylic acids is 1. The number of carbonyl (C=O) groups is 1. The number of cyclic esters (lactones) is 1. The van der Waals surface area contributed by atoms with Gasteiger partial charge in [0.05, 0.1) is 17.7 Å². The number of fused-ring (bicyclic) bond motifs is 2. The molecule has 0 aromatic carbocycles. The van der Waals surface area contributed by atoms with Crippen molar-refractivity contribution in [2.75, 3.05) is 0 Å². The number of ether oxygens (including phenoxy) is 1. The third-order valence-electron chi connectivity index (χ3n) is 4.25. The summed E-state index contributed by atoms with van der Waals surface area (Å²) < 4.78 is 6.74. The Morgan fingerprint density at radius 2 is 2.12 bits per heavy atom. The maximum absolute atomic E-state index is 12.8. The van der Waals surface area contributed by atoms with Crippen LogP contribution in [0.3, 0.4) is 0 Å². The van der Waals surface area contributed by atoms with Crippen LogP contribution < -0.4 is 5.56 Å². The molecule has 1 aromatic heterocycles. The third-order valence-corrected chi connectivity index (χ3v) is 4.25. The molecule has 0 unspecified atom stereocenters. The van der Waals surface area contributed by atoms with E-state index in [1.165, 1.54) is 0 Å². The van der Waals surface area contributed by atoms with Gasteiger partial charge in [0.2, 0.25) is 0 Å². The quantitative estimate of drug-likeness (QED) is 0.741. The summed E-state index contributed by atoms with van der Waals surface area (Å²) in [5.74, 6) is -0.297. The largest absolute Gasteiger partial charge is 0.460 e. The molecule has 0 N–H and O–H groups in total. The molecule has 0 saturated heterocycles. The van der Waals surface area contributed by atoms with Gasteiger partial charge in [0.1, 0.15) is 6.61 Å². The van der Waals surface area contributed by atoms with Crippen LogP contribution in [0, 0.1) is 0 Å². The molecule has 0 bridgehead atoms. The first-order chi connectivity index (χ1) is 12.0. The van der Waals surface area contributed by atoms with E-state index in [-0.39, 0.29) is 24.6 Å². The Kier molecular flexibility index (Phi) is 4.65. The maximum atomic E-state index is 12.8. The average Bonchev–Trinajstić information content (AvgIpc) is 2.56. The number of hydrogen-bond donors (Lipinski definition) is 0. The molecule has 0 aliphatic carbocycles. The van der Waals surface area contributed by atoms with E-state index in [0.29, 0.717) is 18.5 Å². The molecule has 5 heteroatoms. The van der Waals surface area contributed by atoms with Gasteiger partial charge in [-0.1, -0.05) is 31.4 Å². The lowest BCUT2D eigenvalue weighted by atomic mass is 10.0. The summed E-state index contributed by atoms with van der Waals surface area (Å²) in [5, 5.41) is 0. The van der Waals surface area contributed by atoms with Crippen LogP contribution in [0.15, 0.2) is 64.6 Å². The van der Waals surface area contributed by atoms with Gasteiger partial charge in [0, 0.05) is 24.4 Å². The number of allylic oxidation sites excluding steroid dienone is 4. The molecule has 25 heavy (non-hydrogen) atoms. The molecule has 3 heterocycles. The monoisotopic (exact) mass is 336 g/mol. The van der Waals surface area contributed by atoms with Crippen LogP contribution in [0.5, 0.6) is 0 Å². The predicted molar refractivity (Wildman–Crippen MR) is 97.6 cm³/mol. The lowest BCUT2D eigenvalue weighted by Crippen LogP contribution is -2.32. The average molecular weight is 336 g/mol. The van der Waals surface area contributed by atoms with Gasteiger partial charge in [0.15, 0.2) is 0 Å². The molecule has 0 atom stereocenters. The van der Waals surface area contributed by atoms with E-state index in [4.69, 9.17) is 4.74 Å². The fraction of sp³-hybridized carbons (Fsp3) is 0.250. The Morgan fingerprint density at radius 3 is 2.88 bits per heavy atom. The van der Waals surface area contributed by atoms with Gasteiger partial charge in [-0.3, -0.25) is 14.6 Å². The topological polar surface area (TPSA) is 60.7 Å². The number of esters is 1. The second-order valence-electron chi connectivity index (χ2n) is 6.13. The van der Waals surface area contributed by atoms with Gasteiger partial charge in [-0.2, -0.15) is 0 Å². The third kappa shape index (κ3) is 3.45. The van der Waals surface area contributed by atoms with E-state index in [9.17, 15) is 9.59 Å². The van der Waals surface area contributed by atoms with Crippen LogP contribution >= 0.6 is 0 Å². The molecule has 2 aliphatic heterocycles. The van der Waals surface area contributed by atoms with Crippen molar-refractivity contribution in [3.05, 3.63) is 82.0 Å². The number of pyridine rings is 1. The van der Waals surface area contributed by atoms with Crippen LogP contribution in [-0.4, -0.2) is 16.2 Å². The van der Waals surface area contributed by atoms with Gasteiger partial charge in [0.25, 0.3) is 5.56 Å². The Bertz CT molecular complexity index is 914. The summed E-state index contributed by atoms with van der Waals surface area (Å²) >= 11 is 0. The van der Waals surface area contributed by atoms with Gasteiger partial charge in [-0.15, -0.1) is 0 Å².